The third kappa shape index (κ3) is 4.88. The highest BCUT2D eigenvalue weighted by Crippen LogP contribution is 2.17. The Morgan fingerprint density at radius 3 is 2.64 bits per heavy atom. The summed E-state index contributed by atoms with van der Waals surface area (Å²) in [6.45, 7) is 4.98. The minimum atomic E-state index is -0.201. The smallest absolute Gasteiger partial charge is 0.265 e. The molecule has 3 N–H and O–H groups in total. The Bertz CT molecular complexity index is 712. The number of carbonyl (C=O) groups excluding carboxylic acids is 2. The van der Waals surface area contributed by atoms with Gasteiger partial charge in [0.1, 0.15) is 13.1 Å². The quantitative estimate of drug-likeness (QED) is 0.708. The van der Waals surface area contributed by atoms with Crippen LogP contribution in [0.25, 0.3) is 0 Å². The van der Waals surface area contributed by atoms with Gasteiger partial charge in [-0.3, -0.25) is 9.59 Å². The number of rotatable bonds is 6. The number of para-hydroxylation sites is 1. The van der Waals surface area contributed by atoms with E-state index < -0.39 is 0 Å². The van der Waals surface area contributed by atoms with Gasteiger partial charge >= 0.3 is 0 Å². The third-order valence-corrected chi connectivity index (χ3v) is 5.00. The Morgan fingerprint density at radius 2 is 1.88 bits per heavy atom. The molecule has 25 heavy (non-hydrogen) atoms. The van der Waals surface area contributed by atoms with E-state index in [0.717, 1.165) is 32.8 Å². The number of anilines is 1. The van der Waals surface area contributed by atoms with E-state index in [9.17, 15) is 9.59 Å². The van der Waals surface area contributed by atoms with Gasteiger partial charge in [-0.15, -0.1) is 11.3 Å². The Balaban J connectivity index is 1.57. The second kappa shape index (κ2) is 8.75. The molecule has 0 atom stereocenters. The largest absolute Gasteiger partial charge is 0.370 e. The summed E-state index contributed by atoms with van der Waals surface area (Å²) in [6, 6.07) is 10.6. The molecular weight excluding hydrogens is 338 g/mol. The number of ether oxygens (including phenoxy) is 1. The molecule has 7 heteroatoms. The van der Waals surface area contributed by atoms with Crippen molar-refractivity contribution in [3.05, 3.63) is 52.2 Å². The van der Waals surface area contributed by atoms with Crippen LogP contribution in [0, 0.1) is 0 Å². The molecule has 0 bridgehead atoms. The molecule has 0 aliphatic carbocycles. The van der Waals surface area contributed by atoms with Crippen LogP contribution < -0.4 is 15.5 Å². The first-order valence-electron chi connectivity index (χ1n) is 8.37. The van der Waals surface area contributed by atoms with E-state index in [1.54, 1.807) is 30.3 Å². The molecule has 2 amide bonds. The van der Waals surface area contributed by atoms with Gasteiger partial charge in [0.2, 0.25) is 0 Å². The van der Waals surface area contributed by atoms with Crippen molar-refractivity contribution in [3.8, 4) is 0 Å². The highest BCUT2D eigenvalue weighted by molar-refractivity contribution is 7.12. The van der Waals surface area contributed by atoms with Gasteiger partial charge in [-0.25, -0.2) is 0 Å². The number of benzene rings is 1. The topological polar surface area (TPSA) is 71.9 Å². The molecule has 1 aromatic heterocycles. The van der Waals surface area contributed by atoms with Crippen molar-refractivity contribution in [2.75, 3.05) is 44.7 Å². The lowest BCUT2D eigenvalue weighted by molar-refractivity contribution is -0.906. The van der Waals surface area contributed by atoms with Crippen LogP contribution in [-0.4, -0.2) is 51.2 Å². The lowest BCUT2D eigenvalue weighted by atomic mass is 10.1. The summed E-state index contributed by atoms with van der Waals surface area (Å²) in [6.07, 6.45) is 0. The molecular formula is C18H22N3O3S+. The number of amides is 2. The molecule has 1 aliphatic rings. The highest BCUT2D eigenvalue weighted by atomic mass is 32.1. The minimum absolute atomic E-state index is 0.172. The van der Waals surface area contributed by atoms with Crippen molar-refractivity contribution in [1.29, 1.82) is 0 Å². The maximum atomic E-state index is 12.5. The number of hydrogen-bond acceptors (Lipinski definition) is 4. The normalized spacial score (nSPS) is 14.9. The van der Waals surface area contributed by atoms with E-state index in [4.69, 9.17) is 4.74 Å². The van der Waals surface area contributed by atoms with Crippen LogP contribution in [-0.2, 0) is 4.74 Å². The first kappa shape index (κ1) is 17.6. The van der Waals surface area contributed by atoms with E-state index in [0.29, 0.717) is 22.7 Å². The summed E-state index contributed by atoms with van der Waals surface area (Å²) in [7, 11) is 0. The predicted molar refractivity (Wildman–Crippen MR) is 97.4 cm³/mol. The first-order chi connectivity index (χ1) is 12.2. The maximum absolute atomic E-state index is 12.5. The predicted octanol–water partition coefficient (Wildman–Crippen LogP) is 0.645. The monoisotopic (exact) mass is 360 g/mol. The number of carbonyl (C=O) groups is 2. The van der Waals surface area contributed by atoms with E-state index in [2.05, 4.69) is 10.6 Å². The molecule has 1 saturated heterocycles. The van der Waals surface area contributed by atoms with E-state index in [-0.39, 0.29) is 11.8 Å². The molecule has 2 aromatic rings. The van der Waals surface area contributed by atoms with Crippen LogP contribution >= 0.6 is 11.3 Å². The summed E-state index contributed by atoms with van der Waals surface area (Å²) in [5.41, 5.74) is 1.00. The van der Waals surface area contributed by atoms with Crippen molar-refractivity contribution < 1.29 is 19.2 Å². The van der Waals surface area contributed by atoms with Crippen LogP contribution in [0.5, 0.6) is 0 Å². The lowest BCUT2D eigenvalue weighted by Crippen LogP contribution is -3.14. The van der Waals surface area contributed by atoms with E-state index in [1.165, 1.54) is 16.2 Å². The number of quaternary nitrogens is 1. The Hall–Kier alpha value is -2.22. The number of thiophene rings is 1. The highest BCUT2D eigenvalue weighted by Gasteiger charge is 2.16. The standard InChI is InChI=1S/C18H21N3O3S/c22-17(19-7-8-21-9-11-24-12-10-21)14-4-1-2-5-15(14)20-18(23)16-6-3-13-25-16/h1-6,13H,7-12H2,(H,19,22)(H,20,23)/p+1. The Labute approximate surface area is 150 Å². The fraction of sp³-hybridized carbons (Fsp3) is 0.333. The molecule has 1 fully saturated rings. The van der Waals surface area contributed by atoms with Crippen molar-refractivity contribution in [3.63, 3.8) is 0 Å². The zero-order valence-corrected chi connectivity index (χ0v) is 14.7. The Kier molecular flexibility index (Phi) is 6.16. The fourth-order valence-corrected chi connectivity index (χ4v) is 3.36. The first-order valence-corrected chi connectivity index (χ1v) is 9.25. The SMILES string of the molecule is O=C(Nc1ccccc1C(=O)NCC[NH+]1CCOCC1)c1cccs1. The fourth-order valence-electron chi connectivity index (χ4n) is 2.74. The zero-order chi connectivity index (χ0) is 17.5. The average Bonchev–Trinajstić information content (AvgIpc) is 3.18. The summed E-state index contributed by atoms with van der Waals surface area (Å²) in [5.74, 6) is -0.372. The second-order valence-corrected chi connectivity index (χ2v) is 6.79. The van der Waals surface area contributed by atoms with Gasteiger partial charge in [-0.1, -0.05) is 18.2 Å². The van der Waals surface area contributed by atoms with Gasteiger partial charge < -0.3 is 20.3 Å². The molecule has 0 unspecified atom stereocenters. The number of morpholine rings is 1. The molecule has 0 radical (unpaired) electrons. The lowest BCUT2D eigenvalue weighted by Gasteiger charge is -2.23. The van der Waals surface area contributed by atoms with Crippen LogP contribution in [0.2, 0.25) is 0 Å². The maximum Gasteiger partial charge on any atom is 0.265 e. The summed E-state index contributed by atoms with van der Waals surface area (Å²) in [4.78, 5) is 26.8. The summed E-state index contributed by atoms with van der Waals surface area (Å²) in [5, 5.41) is 7.62. The minimum Gasteiger partial charge on any atom is -0.370 e. The van der Waals surface area contributed by atoms with Crippen LogP contribution in [0.4, 0.5) is 5.69 Å². The van der Waals surface area contributed by atoms with Gasteiger partial charge in [-0.05, 0) is 23.6 Å². The molecule has 6 nitrogen and oxygen atoms in total. The summed E-state index contributed by atoms with van der Waals surface area (Å²) < 4.78 is 5.33. The molecule has 0 spiro atoms. The molecule has 3 rings (SSSR count). The number of hydrogen-bond donors (Lipinski definition) is 3. The second-order valence-electron chi connectivity index (χ2n) is 5.85. The zero-order valence-electron chi connectivity index (χ0n) is 13.9. The van der Waals surface area contributed by atoms with Crippen molar-refractivity contribution in [1.82, 2.24) is 5.32 Å². The van der Waals surface area contributed by atoms with Gasteiger partial charge in [0.15, 0.2) is 0 Å². The van der Waals surface area contributed by atoms with Crippen molar-refractivity contribution in [2.24, 2.45) is 0 Å². The van der Waals surface area contributed by atoms with Gasteiger partial charge in [-0.2, -0.15) is 0 Å². The van der Waals surface area contributed by atoms with Gasteiger partial charge in [0.25, 0.3) is 11.8 Å². The molecule has 132 valence electrons. The van der Waals surface area contributed by atoms with Gasteiger partial charge in [0.05, 0.1) is 42.4 Å². The van der Waals surface area contributed by atoms with E-state index >= 15 is 0 Å². The molecule has 2 heterocycles. The molecule has 1 aliphatic heterocycles. The van der Waals surface area contributed by atoms with Crippen molar-refractivity contribution in [2.45, 2.75) is 0 Å². The van der Waals surface area contributed by atoms with Crippen LogP contribution in [0.3, 0.4) is 0 Å². The summed E-state index contributed by atoms with van der Waals surface area (Å²) >= 11 is 1.37. The van der Waals surface area contributed by atoms with Crippen molar-refractivity contribution >= 4 is 28.8 Å². The van der Waals surface area contributed by atoms with Crippen LogP contribution in [0.15, 0.2) is 41.8 Å². The van der Waals surface area contributed by atoms with E-state index in [1.807, 2.05) is 11.4 Å². The van der Waals surface area contributed by atoms with Crippen LogP contribution in [0.1, 0.15) is 20.0 Å². The Morgan fingerprint density at radius 1 is 1.08 bits per heavy atom. The number of nitrogens with one attached hydrogen (secondary N) is 3. The van der Waals surface area contributed by atoms with Gasteiger partial charge in [0, 0.05) is 0 Å². The average molecular weight is 360 g/mol. The molecule has 0 saturated carbocycles. The molecule has 1 aromatic carbocycles. The third-order valence-electron chi connectivity index (χ3n) is 4.13.